The van der Waals surface area contributed by atoms with Gasteiger partial charge >= 0.3 is 6.18 Å². The minimum absolute atomic E-state index is 0.141. The molecule has 8 nitrogen and oxygen atoms in total. The monoisotopic (exact) mass is 587 g/mol. The lowest BCUT2D eigenvalue weighted by Gasteiger charge is -2.50. The van der Waals surface area contributed by atoms with E-state index in [9.17, 15) is 26.7 Å². The molecule has 39 heavy (non-hydrogen) atoms. The number of anilines is 1. The predicted octanol–water partition coefficient (Wildman–Crippen LogP) is 2.59. The molecule has 5 rings (SSSR count). The highest BCUT2D eigenvalue weighted by molar-refractivity contribution is 7.96. The number of aliphatic hydroxyl groups is 1. The van der Waals surface area contributed by atoms with Crippen LogP contribution in [0.4, 0.5) is 18.9 Å². The molecule has 3 fully saturated rings. The Morgan fingerprint density at radius 2 is 1.69 bits per heavy atom. The van der Waals surface area contributed by atoms with E-state index in [2.05, 4.69) is 4.90 Å². The first-order chi connectivity index (χ1) is 18.4. The molecule has 3 aliphatic heterocycles. The zero-order chi connectivity index (χ0) is 28.0. The average molecular weight is 588 g/mol. The number of ether oxygens (including phenoxy) is 2. The number of rotatable bonds is 8. The predicted molar refractivity (Wildman–Crippen MR) is 144 cm³/mol. The van der Waals surface area contributed by atoms with Crippen LogP contribution in [-0.4, -0.2) is 105 Å². The van der Waals surface area contributed by atoms with Crippen LogP contribution in [0.5, 0.6) is 0 Å². The van der Waals surface area contributed by atoms with Gasteiger partial charge in [-0.15, -0.1) is 0 Å². The van der Waals surface area contributed by atoms with E-state index in [1.165, 1.54) is 22.5 Å². The molecular weight excluding hydrogens is 555 g/mol. The number of benzene rings is 1. The molecule has 1 aromatic carbocycles. The summed E-state index contributed by atoms with van der Waals surface area (Å²) < 4.78 is 79.7. The van der Waals surface area contributed by atoms with Crippen LogP contribution in [0, 0.1) is 0 Å². The maximum Gasteiger partial charge on any atom is 0.421 e. The highest BCUT2D eigenvalue weighted by atomic mass is 32.2. The highest BCUT2D eigenvalue weighted by Gasteiger charge is 2.51. The number of hydrogen-bond donors (Lipinski definition) is 1. The largest absolute Gasteiger partial charge is 0.421 e. The Morgan fingerprint density at radius 3 is 2.21 bits per heavy atom. The van der Waals surface area contributed by atoms with Gasteiger partial charge in [0.1, 0.15) is 0 Å². The first-order valence-corrected chi connectivity index (χ1v) is 14.7. The lowest BCUT2D eigenvalue weighted by molar-refractivity contribution is -0.258. The highest BCUT2D eigenvalue weighted by Crippen LogP contribution is 2.39. The molecule has 0 radical (unpaired) electrons. The Bertz CT molecular complexity index is 1230. The Hall–Kier alpha value is -1.87. The molecule has 1 N–H and O–H groups in total. The van der Waals surface area contributed by atoms with E-state index in [0.29, 0.717) is 56.5 Å². The standard InChI is InChI=1S/C26H32F3N3O5S2/c1-25(33,26(27,28)29)18-6-8-19(9-7-18)31-11-10-30(39(34,35)24-5-3-2-4-23(24)38)12-20(31)13-32(21-14-36-15-21)22-16-37-17-22/h2-3,5-9,20-22,33H,4,10-17H2,1H3/t20-,25?/m1/s1. The molecule has 1 aromatic rings. The first-order valence-electron chi connectivity index (χ1n) is 12.9. The fourth-order valence-corrected chi connectivity index (χ4v) is 7.31. The van der Waals surface area contributed by atoms with Gasteiger partial charge in [-0.05, 0) is 30.7 Å². The van der Waals surface area contributed by atoms with Crippen LogP contribution in [0.25, 0.3) is 0 Å². The van der Waals surface area contributed by atoms with E-state index in [0.717, 1.165) is 6.92 Å². The third-order valence-corrected chi connectivity index (χ3v) is 10.4. The fourth-order valence-electron chi connectivity index (χ4n) is 5.24. The third-order valence-electron chi connectivity index (χ3n) is 7.94. The molecule has 0 bridgehead atoms. The minimum atomic E-state index is -4.82. The van der Waals surface area contributed by atoms with Gasteiger partial charge in [-0.2, -0.15) is 17.5 Å². The molecule has 0 amide bonds. The summed E-state index contributed by atoms with van der Waals surface area (Å²) in [6, 6.07) is 5.75. The number of hydrogen-bond acceptors (Lipinski definition) is 8. The van der Waals surface area contributed by atoms with Crippen LogP contribution < -0.4 is 4.90 Å². The van der Waals surface area contributed by atoms with E-state index in [1.807, 2.05) is 11.0 Å². The third kappa shape index (κ3) is 5.54. The number of thiocarbonyl (C=S) groups is 1. The molecule has 3 saturated heterocycles. The number of sulfonamides is 1. The van der Waals surface area contributed by atoms with E-state index < -0.39 is 21.8 Å². The molecule has 214 valence electrons. The maximum atomic E-state index is 13.6. The van der Waals surface area contributed by atoms with E-state index in [-0.39, 0.29) is 41.7 Å². The fraction of sp³-hybridized carbons (Fsp3) is 0.577. The summed E-state index contributed by atoms with van der Waals surface area (Å²) in [5, 5.41) is 10.1. The number of nitrogens with zero attached hydrogens (tertiary/aromatic N) is 3. The summed E-state index contributed by atoms with van der Waals surface area (Å²) in [5.41, 5.74) is -2.59. The Kier molecular flexibility index (Phi) is 7.96. The number of piperazine rings is 1. The van der Waals surface area contributed by atoms with Gasteiger partial charge in [-0.25, -0.2) is 8.42 Å². The van der Waals surface area contributed by atoms with Crippen molar-refractivity contribution in [3.05, 3.63) is 53.0 Å². The molecule has 1 aliphatic carbocycles. The second-order valence-corrected chi connectivity index (χ2v) is 12.9. The number of halogens is 3. The second kappa shape index (κ2) is 10.8. The van der Waals surface area contributed by atoms with Gasteiger partial charge in [-0.1, -0.05) is 36.5 Å². The molecule has 3 heterocycles. The summed E-state index contributed by atoms with van der Waals surface area (Å²) >= 11 is 5.35. The second-order valence-electron chi connectivity index (χ2n) is 10.5. The molecule has 13 heteroatoms. The Labute approximate surface area is 231 Å². The van der Waals surface area contributed by atoms with Crippen molar-refractivity contribution < 1.29 is 36.2 Å². The van der Waals surface area contributed by atoms with Gasteiger partial charge in [0.25, 0.3) is 0 Å². The molecule has 1 unspecified atom stereocenters. The Balaban J connectivity index is 1.43. The van der Waals surface area contributed by atoms with Gasteiger partial charge in [-0.3, -0.25) is 4.90 Å². The molecule has 0 spiro atoms. The SMILES string of the molecule is CC(O)(c1ccc(N2CCN(S(=O)(=O)C3=CC=CCC3=S)C[C@@H]2CN(C2COC2)C2COC2)cc1)C(F)(F)F. The van der Waals surface area contributed by atoms with Crippen molar-refractivity contribution >= 4 is 32.8 Å². The normalized spacial score (nSPS) is 25.3. The zero-order valence-corrected chi connectivity index (χ0v) is 23.1. The maximum absolute atomic E-state index is 13.6. The molecule has 0 saturated carbocycles. The van der Waals surface area contributed by atoms with Crippen LogP contribution in [0.2, 0.25) is 0 Å². The van der Waals surface area contributed by atoms with Crippen LogP contribution in [0.15, 0.2) is 47.4 Å². The lowest BCUT2D eigenvalue weighted by atomic mass is 9.95. The van der Waals surface area contributed by atoms with E-state index >= 15 is 0 Å². The Morgan fingerprint density at radius 1 is 1.08 bits per heavy atom. The minimum Gasteiger partial charge on any atom is -0.378 e. The zero-order valence-electron chi connectivity index (χ0n) is 21.5. The molecule has 4 aliphatic rings. The average Bonchev–Trinajstić information content (AvgIpc) is 2.81. The van der Waals surface area contributed by atoms with Gasteiger partial charge in [0.2, 0.25) is 10.0 Å². The van der Waals surface area contributed by atoms with Gasteiger partial charge in [0.05, 0.1) is 49.5 Å². The molecule has 2 atom stereocenters. The quantitative estimate of drug-likeness (QED) is 0.465. The summed E-state index contributed by atoms with van der Waals surface area (Å²) in [7, 11) is -3.83. The topological polar surface area (TPSA) is 82.6 Å². The molecular formula is C26H32F3N3O5S2. The van der Waals surface area contributed by atoms with Crippen LogP contribution in [0.1, 0.15) is 18.9 Å². The summed E-state index contributed by atoms with van der Waals surface area (Å²) in [6.07, 6.45) is 0.632. The van der Waals surface area contributed by atoms with Gasteiger partial charge < -0.3 is 19.5 Å². The van der Waals surface area contributed by atoms with Crippen molar-refractivity contribution in [2.24, 2.45) is 0 Å². The first kappa shape index (κ1) is 28.7. The van der Waals surface area contributed by atoms with E-state index in [1.54, 1.807) is 18.2 Å². The summed E-state index contributed by atoms with van der Waals surface area (Å²) in [5.74, 6) is 0. The van der Waals surface area contributed by atoms with Crippen LogP contribution >= 0.6 is 12.2 Å². The van der Waals surface area contributed by atoms with Crippen molar-refractivity contribution in [2.75, 3.05) is 57.5 Å². The summed E-state index contributed by atoms with van der Waals surface area (Å²) in [6.45, 7) is 4.31. The number of allylic oxidation sites excluding steroid dienone is 4. The molecule has 0 aromatic heterocycles. The summed E-state index contributed by atoms with van der Waals surface area (Å²) in [4.78, 5) is 4.86. The lowest BCUT2D eigenvalue weighted by Crippen LogP contribution is -2.65. The van der Waals surface area contributed by atoms with Gasteiger partial charge in [0, 0.05) is 43.2 Å². The van der Waals surface area contributed by atoms with Crippen LogP contribution in [0.3, 0.4) is 0 Å². The van der Waals surface area contributed by atoms with Crippen molar-refractivity contribution in [1.82, 2.24) is 9.21 Å². The smallest absolute Gasteiger partial charge is 0.378 e. The van der Waals surface area contributed by atoms with E-state index in [4.69, 9.17) is 21.7 Å². The van der Waals surface area contributed by atoms with Crippen molar-refractivity contribution in [2.45, 2.75) is 43.2 Å². The van der Waals surface area contributed by atoms with Crippen molar-refractivity contribution in [3.8, 4) is 0 Å². The van der Waals surface area contributed by atoms with Crippen molar-refractivity contribution in [3.63, 3.8) is 0 Å². The number of alkyl halides is 3. The van der Waals surface area contributed by atoms with Crippen molar-refractivity contribution in [1.29, 1.82) is 0 Å². The van der Waals surface area contributed by atoms with Crippen LogP contribution in [-0.2, 0) is 25.1 Å². The van der Waals surface area contributed by atoms with Gasteiger partial charge in [0.15, 0.2) is 5.60 Å².